The first-order chi connectivity index (χ1) is 6.79. The Hall–Kier alpha value is -1.36. The Morgan fingerprint density at radius 1 is 1.71 bits per heavy atom. The molecule has 14 heavy (non-hydrogen) atoms. The molecule has 5 heteroatoms. The fourth-order valence-corrected chi connectivity index (χ4v) is 1.68. The Labute approximate surface area is 82.5 Å². The molecule has 0 unspecified atom stereocenters. The van der Waals surface area contributed by atoms with Crippen LogP contribution in [0.25, 0.3) is 0 Å². The highest BCUT2D eigenvalue weighted by Crippen LogP contribution is 2.08. The topological polar surface area (TPSA) is 61.0 Å². The molecule has 5 nitrogen and oxygen atoms in total. The highest BCUT2D eigenvalue weighted by Gasteiger charge is 2.24. The van der Waals surface area contributed by atoms with Gasteiger partial charge in [-0.25, -0.2) is 0 Å². The molecule has 0 saturated carbocycles. The minimum Gasteiger partial charge on any atom is -0.333 e. The SMILES string of the molecule is C[C@@H]1CNCCN1C(=O)c1cn[nH]c1. The van der Waals surface area contributed by atoms with Crippen LogP contribution in [-0.4, -0.2) is 46.7 Å². The van der Waals surface area contributed by atoms with Crippen LogP contribution >= 0.6 is 0 Å². The standard InChI is InChI=1S/C9H14N4O/c1-7-4-10-2-3-13(7)9(14)8-5-11-12-6-8/h5-7,10H,2-4H2,1H3,(H,11,12)/t7-/m1/s1. The third-order valence-corrected chi connectivity index (χ3v) is 2.51. The summed E-state index contributed by atoms with van der Waals surface area (Å²) in [5.74, 6) is 0.0627. The van der Waals surface area contributed by atoms with E-state index in [1.54, 1.807) is 12.4 Å². The largest absolute Gasteiger partial charge is 0.333 e. The Kier molecular flexibility index (Phi) is 2.49. The lowest BCUT2D eigenvalue weighted by molar-refractivity contribution is 0.0656. The summed E-state index contributed by atoms with van der Waals surface area (Å²) in [5.41, 5.74) is 0.638. The molecule has 0 radical (unpaired) electrons. The Bertz CT molecular complexity index is 309. The molecule has 1 aromatic rings. The molecular weight excluding hydrogens is 180 g/mol. The number of hydrogen-bond acceptors (Lipinski definition) is 3. The van der Waals surface area contributed by atoms with E-state index < -0.39 is 0 Å². The maximum atomic E-state index is 11.9. The van der Waals surface area contributed by atoms with Gasteiger partial charge in [0.1, 0.15) is 0 Å². The summed E-state index contributed by atoms with van der Waals surface area (Å²) in [7, 11) is 0. The van der Waals surface area contributed by atoms with E-state index in [-0.39, 0.29) is 11.9 Å². The molecule has 1 amide bonds. The molecule has 0 spiro atoms. The van der Waals surface area contributed by atoms with Gasteiger partial charge in [0.15, 0.2) is 0 Å². The lowest BCUT2D eigenvalue weighted by Crippen LogP contribution is -2.52. The Morgan fingerprint density at radius 2 is 2.57 bits per heavy atom. The van der Waals surface area contributed by atoms with Gasteiger partial charge in [-0.2, -0.15) is 5.10 Å². The van der Waals surface area contributed by atoms with Gasteiger partial charge in [0.25, 0.3) is 5.91 Å². The lowest BCUT2D eigenvalue weighted by atomic mass is 10.2. The van der Waals surface area contributed by atoms with Crippen molar-refractivity contribution >= 4 is 5.91 Å². The molecule has 76 valence electrons. The molecule has 2 N–H and O–H groups in total. The summed E-state index contributed by atoms with van der Waals surface area (Å²) in [6.07, 6.45) is 3.20. The zero-order valence-electron chi connectivity index (χ0n) is 8.16. The summed E-state index contributed by atoms with van der Waals surface area (Å²) in [6, 6.07) is 0.256. The van der Waals surface area contributed by atoms with Gasteiger partial charge >= 0.3 is 0 Å². The van der Waals surface area contributed by atoms with Gasteiger partial charge < -0.3 is 10.2 Å². The number of hydrogen-bond donors (Lipinski definition) is 2. The van der Waals surface area contributed by atoms with E-state index >= 15 is 0 Å². The molecule has 1 saturated heterocycles. The number of nitrogens with zero attached hydrogens (tertiary/aromatic N) is 2. The summed E-state index contributed by atoms with van der Waals surface area (Å²) >= 11 is 0. The fraction of sp³-hybridized carbons (Fsp3) is 0.556. The van der Waals surface area contributed by atoms with Gasteiger partial charge in [0, 0.05) is 31.9 Å². The van der Waals surface area contributed by atoms with Crippen LogP contribution in [0.4, 0.5) is 0 Å². The van der Waals surface area contributed by atoms with E-state index in [1.807, 2.05) is 11.8 Å². The van der Waals surface area contributed by atoms with Crippen molar-refractivity contribution in [1.82, 2.24) is 20.4 Å². The number of aromatic nitrogens is 2. The number of rotatable bonds is 1. The number of H-pyrrole nitrogens is 1. The van der Waals surface area contributed by atoms with Gasteiger partial charge in [-0.15, -0.1) is 0 Å². The van der Waals surface area contributed by atoms with Crippen LogP contribution in [0.2, 0.25) is 0 Å². The third-order valence-electron chi connectivity index (χ3n) is 2.51. The molecule has 2 rings (SSSR count). The zero-order chi connectivity index (χ0) is 9.97. The first kappa shape index (κ1) is 9.21. The quantitative estimate of drug-likeness (QED) is 0.653. The van der Waals surface area contributed by atoms with E-state index in [2.05, 4.69) is 15.5 Å². The molecular formula is C9H14N4O. The van der Waals surface area contributed by atoms with Crippen molar-refractivity contribution in [2.24, 2.45) is 0 Å². The van der Waals surface area contributed by atoms with Crippen LogP contribution in [0.3, 0.4) is 0 Å². The monoisotopic (exact) mass is 194 g/mol. The first-order valence-corrected chi connectivity index (χ1v) is 4.79. The number of carbonyl (C=O) groups is 1. The van der Waals surface area contributed by atoms with Crippen LogP contribution in [0, 0.1) is 0 Å². The van der Waals surface area contributed by atoms with E-state index in [9.17, 15) is 4.79 Å². The van der Waals surface area contributed by atoms with Crippen LogP contribution in [0.5, 0.6) is 0 Å². The van der Waals surface area contributed by atoms with Gasteiger partial charge in [-0.1, -0.05) is 0 Å². The second kappa shape index (κ2) is 3.79. The molecule has 0 bridgehead atoms. The molecule has 1 atom stereocenters. The minimum atomic E-state index is 0.0627. The molecule has 0 aliphatic carbocycles. The summed E-state index contributed by atoms with van der Waals surface area (Å²) in [4.78, 5) is 13.8. The van der Waals surface area contributed by atoms with Gasteiger partial charge in [-0.3, -0.25) is 9.89 Å². The Morgan fingerprint density at radius 3 is 3.21 bits per heavy atom. The highest BCUT2D eigenvalue weighted by molar-refractivity contribution is 5.93. The highest BCUT2D eigenvalue weighted by atomic mass is 16.2. The van der Waals surface area contributed by atoms with E-state index in [4.69, 9.17) is 0 Å². The predicted octanol–water partition coefficient (Wildman–Crippen LogP) is -0.156. The molecule has 0 aromatic carbocycles. The summed E-state index contributed by atoms with van der Waals surface area (Å²) < 4.78 is 0. The fourth-order valence-electron chi connectivity index (χ4n) is 1.68. The van der Waals surface area contributed by atoms with E-state index in [1.165, 1.54) is 0 Å². The van der Waals surface area contributed by atoms with Crippen molar-refractivity contribution in [3.63, 3.8) is 0 Å². The second-order valence-electron chi connectivity index (χ2n) is 3.54. The molecule has 1 aliphatic rings. The number of amides is 1. The number of nitrogens with one attached hydrogen (secondary N) is 2. The lowest BCUT2D eigenvalue weighted by Gasteiger charge is -2.33. The van der Waals surface area contributed by atoms with Crippen molar-refractivity contribution < 1.29 is 4.79 Å². The molecule has 1 aliphatic heterocycles. The van der Waals surface area contributed by atoms with Crippen LogP contribution in [0.1, 0.15) is 17.3 Å². The van der Waals surface area contributed by atoms with Crippen molar-refractivity contribution in [2.45, 2.75) is 13.0 Å². The van der Waals surface area contributed by atoms with E-state index in [0.29, 0.717) is 5.56 Å². The normalized spacial score (nSPS) is 22.4. The average Bonchev–Trinajstić information content (AvgIpc) is 2.70. The van der Waals surface area contributed by atoms with Gasteiger partial charge in [-0.05, 0) is 6.92 Å². The van der Waals surface area contributed by atoms with Crippen molar-refractivity contribution in [2.75, 3.05) is 19.6 Å². The number of carbonyl (C=O) groups excluding carboxylic acids is 1. The molecule has 1 fully saturated rings. The van der Waals surface area contributed by atoms with Gasteiger partial charge in [0.2, 0.25) is 0 Å². The minimum absolute atomic E-state index is 0.0627. The van der Waals surface area contributed by atoms with Gasteiger partial charge in [0.05, 0.1) is 11.8 Å². The maximum absolute atomic E-state index is 11.9. The third kappa shape index (κ3) is 1.63. The molecule has 1 aromatic heterocycles. The van der Waals surface area contributed by atoms with Crippen LogP contribution in [0.15, 0.2) is 12.4 Å². The van der Waals surface area contributed by atoms with E-state index in [0.717, 1.165) is 19.6 Å². The Balaban J connectivity index is 2.10. The second-order valence-corrected chi connectivity index (χ2v) is 3.54. The zero-order valence-corrected chi connectivity index (χ0v) is 8.16. The summed E-state index contributed by atoms with van der Waals surface area (Å²) in [5, 5.41) is 9.67. The average molecular weight is 194 g/mol. The van der Waals surface area contributed by atoms with Crippen LogP contribution in [-0.2, 0) is 0 Å². The van der Waals surface area contributed by atoms with Crippen molar-refractivity contribution in [3.05, 3.63) is 18.0 Å². The predicted molar refractivity (Wildman–Crippen MR) is 52.0 cm³/mol. The smallest absolute Gasteiger partial charge is 0.257 e. The number of piperazine rings is 1. The first-order valence-electron chi connectivity index (χ1n) is 4.79. The number of aromatic amines is 1. The van der Waals surface area contributed by atoms with Crippen molar-refractivity contribution in [1.29, 1.82) is 0 Å². The maximum Gasteiger partial charge on any atom is 0.257 e. The molecule has 2 heterocycles. The van der Waals surface area contributed by atoms with Crippen LogP contribution < -0.4 is 5.32 Å². The summed E-state index contributed by atoms with van der Waals surface area (Å²) in [6.45, 7) is 4.55. The van der Waals surface area contributed by atoms with Crippen molar-refractivity contribution in [3.8, 4) is 0 Å².